The molecule has 0 aromatic heterocycles. The zero-order valence-electron chi connectivity index (χ0n) is 11.3. The lowest BCUT2D eigenvalue weighted by Crippen LogP contribution is -2.32. The molecule has 118 valence electrons. The highest BCUT2D eigenvalue weighted by atomic mass is 19.3. The van der Waals surface area contributed by atoms with Crippen molar-refractivity contribution >= 4 is 17.3 Å². The molecule has 0 bridgehead atoms. The molecule has 21 heavy (non-hydrogen) atoms. The zero-order chi connectivity index (χ0) is 16.0. The van der Waals surface area contributed by atoms with Gasteiger partial charge in [0.1, 0.15) is 6.61 Å². The van der Waals surface area contributed by atoms with Crippen LogP contribution in [0.2, 0.25) is 0 Å². The molecule has 0 spiro atoms. The average molecular weight is 308 g/mol. The summed E-state index contributed by atoms with van der Waals surface area (Å²) >= 11 is 0. The maximum Gasteiger partial charge on any atom is 0.330 e. The highest BCUT2D eigenvalue weighted by Crippen LogP contribution is 2.23. The van der Waals surface area contributed by atoms with Crippen molar-refractivity contribution in [1.29, 1.82) is 0 Å². The summed E-state index contributed by atoms with van der Waals surface area (Å²) < 4.78 is 53.2. The molecule has 1 amide bonds. The Hall–Kier alpha value is -1.83. The van der Waals surface area contributed by atoms with E-state index < -0.39 is 24.9 Å². The summed E-state index contributed by atoms with van der Waals surface area (Å²) in [5.74, 6) is -4.69. The number of rotatable bonds is 7. The molecule has 1 rings (SSSR count). The van der Waals surface area contributed by atoms with Gasteiger partial charge in [0, 0.05) is 11.4 Å². The molecule has 1 aromatic rings. The van der Waals surface area contributed by atoms with E-state index in [0.29, 0.717) is 16.9 Å². The molecule has 0 saturated carbocycles. The molecule has 0 saturated heterocycles. The van der Waals surface area contributed by atoms with Gasteiger partial charge < -0.3 is 15.8 Å². The molecule has 0 fully saturated rings. The number of carbonyl (C=O) groups is 1. The number of ether oxygens (including phenoxy) is 1. The number of nitrogens with two attached hydrogens (primary N) is 1. The van der Waals surface area contributed by atoms with E-state index in [0.717, 1.165) is 0 Å². The average Bonchev–Trinajstić information content (AvgIpc) is 2.40. The van der Waals surface area contributed by atoms with Crippen LogP contribution >= 0.6 is 0 Å². The number of hydrogen-bond acceptors (Lipinski definition) is 3. The van der Waals surface area contributed by atoms with Crippen molar-refractivity contribution in [3.63, 3.8) is 0 Å². The van der Waals surface area contributed by atoms with E-state index in [1.54, 1.807) is 25.1 Å². The zero-order valence-corrected chi connectivity index (χ0v) is 11.3. The number of anilines is 2. The van der Waals surface area contributed by atoms with E-state index in [2.05, 4.69) is 10.1 Å². The normalized spacial score (nSPS) is 11.7. The van der Waals surface area contributed by atoms with E-state index in [-0.39, 0.29) is 13.0 Å². The number of benzene rings is 1. The quantitative estimate of drug-likeness (QED) is 0.462. The van der Waals surface area contributed by atoms with E-state index in [4.69, 9.17) is 5.73 Å². The molecule has 0 aliphatic carbocycles. The number of halogens is 4. The molecular weight excluding hydrogens is 292 g/mol. The van der Waals surface area contributed by atoms with Crippen molar-refractivity contribution in [1.82, 2.24) is 0 Å². The van der Waals surface area contributed by atoms with Crippen LogP contribution in [0.5, 0.6) is 0 Å². The third-order valence-corrected chi connectivity index (χ3v) is 2.74. The summed E-state index contributed by atoms with van der Waals surface area (Å²) in [6, 6.07) is 4.95. The molecule has 3 N–H and O–H groups in total. The van der Waals surface area contributed by atoms with Crippen molar-refractivity contribution in [3.8, 4) is 0 Å². The predicted octanol–water partition coefficient (Wildman–Crippen LogP) is 2.82. The number of alkyl halides is 4. The van der Waals surface area contributed by atoms with Gasteiger partial charge in [-0.3, -0.25) is 4.79 Å². The maximum atomic E-state index is 12.5. The van der Waals surface area contributed by atoms with E-state index in [9.17, 15) is 22.4 Å². The van der Waals surface area contributed by atoms with Crippen molar-refractivity contribution in [3.05, 3.63) is 23.8 Å². The molecule has 0 radical (unpaired) electrons. The lowest BCUT2D eigenvalue weighted by Gasteiger charge is -2.15. The summed E-state index contributed by atoms with van der Waals surface area (Å²) in [5.41, 5.74) is 7.34. The summed E-state index contributed by atoms with van der Waals surface area (Å²) in [6.45, 7) is -0.0879. The van der Waals surface area contributed by atoms with Gasteiger partial charge in [-0.2, -0.15) is 8.78 Å². The van der Waals surface area contributed by atoms with Crippen LogP contribution in [0.4, 0.5) is 28.9 Å². The minimum atomic E-state index is -4.21. The van der Waals surface area contributed by atoms with Gasteiger partial charge in [0.25, 0.3) is 0 Å². The fourth-order valence-electron chi connectivity index (χ4n) is 1.44. The lowest BCUT2D eigenvalue weighted by atomic mass is 10.1. The first-order valence-electron chi connectivity index (χ1n) is 6.12. The van der Waals surface area contributed by atoms with Crippen LogP contribution in [0.25, 0.3) is 0 Å². The van der Waals surface area contributed by atoms with Gasteiger partial charge in [0.05, 0.1) is 13.0 Å². The van der Waals surface area contributed by atoms with Crippen LogP contribution in [-0.4, -0.2) is 31.5 Å². The summed E-state index contributed by atoms with van der Waals surface area (Å²) in [6.07, 6.45) is -4.02. The number of carbonyl (C=O) groups excluding carboxylic acids is 1. The van der Waals surface area contributed by atoms with Crippen molar-refractivity contribution in [2.75, 3.05) is 24.3 Å². The molecule has 0 aliphatic rings. The standard InChI is InChI=1S/C13H16F4N2O2/c1-8-9(18)3-2-4-10(8)19-11(20)5-6-21-7-13(16,17)12(14)15/h2-4,12H,5-7,18H2,1H3,(H,19,20). The third kappa shape index (κ3) is 5.22. The largest absolute Gasteiger partial charge is 0.398 e. The molecule has 0 heterocycles. The van der Waals surface area contributed by atoms with Gasteiger partial charge in [-0.15, -0.1) is 0 Å². The highest BCUT2D eigenvalue weighted by molar-refractivity contribution is 5.92. The molecular formula is C13H16F4N2O2. The molecule has 1 aromatic carbocycles. The summed E-state index contributed by atoms with van der Waals surface area (Å²) in [4.78, 5) is 11.6. The molecule has 4 nitrogen and oxygen atoms in total. The Morgan fingerprint density at radius 1 is 1.43 bits per heavy atom. The second-order valence-electron chi connectivity index (χ2n) is 4.43. The lowest BCUT2D eigenvalue weighted by molar-refractivity contribution is -0.166. The van der Waals surface area contributed by atoms with Crippen LogP contribution in [-0.2, 0) is 9.53 Å². The molecule has 8 heteroatoms. The number of amides is 1. The minimum Gasteiger partial charge on any atom is -0.398 e. The van der Waals surface area contributed by atoms with Crippen LogP contribution in [0.15, 0.2) is 18.2 Å². The highest BCUT2D eigenvalue weighted by Gasteiger charge is 2.40. The van der Waals surface area contributed by atoms with Gasteiger partial charge in [-0.1, -0.05) is 6.07 Å². The first kappa shape index (κ1) is 17.2. The van der Waals surface area contributed by atoms with Gasteiger partial charge in [0.15, 0.2) is 0 Å². The Morgan fingerprint density at radius 2 is 2.10 bits per heavy atom. The van der Waals surface area contributed by atoms with Crippen molar-refractivity contribution in [2.45, 2.75) is 25.7 Å². The fraction of sp³-hybridized carbons (Fsp3) is 0.462. The van der Waals surface area contributed by atoms with Crippen LogP contribution in [0.3, 0.4) is 0 Å². The molecule has 0 atom stereocenters. The molecule has 0 aliphatic heterocycles. The Morgan fingerprint density at radius 3 is 2.71 bits per heavy atom. The summed E-state index contributed by atoms with van der Waals surface area (Å²) in [5, 5.41) is 2.54. The SMILES string of the molecule is Cc1c(N)cccc1NC(=O)CCOCC(F)(F)C(F)F. The Bertz CT molecular complexity index is 495. The van der Waals surface area contributed by atoms with Crippen LogP contribution in [0, 0.1) is 6.92 Å². The van der Waals surface area contributed by atoms with E-state index in [1.165, 1.54) is 0 Å². The Labute approximate surface area is 119 Å². The first-order valence-corrected chi connectivity index (χ1v) is 6.12. The topological polar surface area (TPSA) is 64.3 Å². The van der Waals surface area contributed by atoms with E-state index >= 15 is 0 Å². The van der Waals surface area contributed by atoms with Crippen LogP contribution in [0.1, 0.15) is 12.0 Å². The smallest absolute Gasteiger partial charge is 0.330 e. The van der Waals surface area contributed by atoms with Crippen molar-refractivity contribution in [2.24, 2.45) is 0 Å². The number of nitrogen functional groups attached to an aromatic ring is 1. The minimum absolute atomic E-state index is 0.229. The third-order valence-electron chi connectivity index (χ3n) is 2.74. The van der Waals surface area contributed by atoms with Gasteiger partial charge in [0.2, 0.25) is 5.91 Å². The fourth-order valence-corrected chi connectivity index (χ4v) is 1.44. The predicted molar refractivity (Wildman–Crippen MR) is 70.6 cm³/mol. The summed E-state index contributed by atoms with van der Waals surface area (Å²) in [7, 11) is 0. The van der Waals surface area contributed by atoms with E-state index in [1.807, 2.05) is 0 Å². The second kappa shape index (κ2) is 7.26. The van der Waals surface area contributed by atoms with Gasteiger partial charge in [-0.05, 0) is 24.6 Å². The van der Waals surface area contributed by atoms with Crippen molar-refractivity contribution < 1.29 is 27.1 Å². The van der Waals surface area contributed by atoms with Gasteiger partial charge in [-0.25, -0.2) is 8.78 Å². The Balaban J connectivity index is 2.37. The second-order valence-corrected chi connectivity index (χ2v) is 4.43. The number of nitrogens with one attached hydrogen (secondary N) is 1. The van der Waals surface area contributed by atoms with Crippen LogP contribution < -0.4 is 11.1 Å². The first-order chi connectivity index (χ1) is 9.74. The Kier molecular flexibility index (Phi) is 5.95. The monoisotopic (exact) mass is 308 g/mol. The van der Waals surface area contributed by atoms with Gasteiger partial charge >= 0.3 is 12.3 Å². The maximum absolute atomic E-state index is 12.5. The number of hydrogen-bond donors (Lipinski definition) is 2. The molecule has 0 unspecified atom stereocenters.